The molecule has 0 aliphatic heterocycles. The summed E-state index contributed by atoms with van der Waals surface area (Å²) in [6.45, 7) is 10.2. The lowest BCUT2D eigenvalue weighted by Gasteiger charge is -2.28. The second kappa shape index (κ2) is 11.2. The molecule has 1 aromatic carbocycles. The standard InChI is InChI=1S/C26H33NO7/c1-4-6-14-32-20-10-8-7-9-18(20)15-17(3)16-34-23(28)21-19-11-12-26(22(19)21,24(29)30)27-25(31)33-13-5-2/h5,7-10,19,21-22H,2-4,6,11-16H2,1H3,(H,27,31)(H,29,30). The quantitative estimate of drug-likeness (QED) is 0.255. The van der Waals surface area contributed by atoms with Crippen molar-refractivity contribution in [1.82, 2.24) is 5.32 Å². The molecule has 34 heavy (non-hydrogen) atoms. The highest BCUT2D eigenvalue weighted by atomic mass is 16.5. The maximum atomic E-state index is 12.7. The Labute approximate surface area is 200 Å². The number of amides is 1. The summed E-state index contributed by atoms with van der Waals surface area (Å²) in [6, 6.07) is 7.70. The number of aliphatic carboxylic acids is 1. The van der Waals surface area contributed by atoms with E-state index in [9.17, 15) is 19.5 Å². The highest BCUT2D eigenvalue weighted by Crippen LogP contribution is 2.62. The molecule has 1 amide bonds. The van der Waals surface area contributed by atoms with Crippen LogP contribution in [0.5, 0.6) is 5.75 Å². The van der Waals surface area contributed by atoms with Gasteiger partial charge in [-0.1, -0.05) is 50.8 Å². The van der Waals surface area contributed by atoms with Crippen LogP contribution in [0.25, 0.3) is 0 Å². The molecule has 2 aliphatic carbocycles. The molecule has 184 valence electrons. The van der Waals surface area contributed by atoms with Gasteiger partial charge in [0.2, 0.25) is 0 Å². The fourth-order valence-electron chi connectivity index (χ4n) is 4.80. The first-order valence-electron chi connectivity index (χ1n) is 11.7. The summed E-state index contributed by atoms with van der Waals surface area (Å²) in [5.74, 6) is -2.06. The molecule has 2 saturated carbocycles. The number of carbonyl (C=O) groups is 3. The monoisotopic (exact) mass is 471 g/mol. The lowest BCUT2D eigenvalue weighted by Crippen LogP contribution is -2.56. The van der Waals surface area contributed by atoms with Gasteiger partial charge in [-0.25, -0.2) is 9.59 Å². The summed E-state index contributed by atoms with van der Waals surface area (Å²) in [6.07, 6.45) is 3.83. The molecule has 2 N–H and O–H groups in total. The van der Waals surface area contributed by atoms with E-state index in [0.717, 1.165) is 24.2 Å². The van der Waals surface area contributed by atoms with E-state index < -0.39 is 35.4 Å². The zero-order valence-electron chi connectivity index (χ0n) is 19.6. The van der Waals surface area contributed by atoms with Gasteiger partial charge in [0.25, 0.3) is 0 Å². The first-order chi connectivity index (χ1) is 16.3. The first-order valence-corrected chi connectivity index (χ1v) is 11.7. The number of rotatable bonds is 13. The molecule has 2 fully saturated rings. The van der Waals surface area contributed by atoms with Crippen molar-refractivity contribution in [1.29, 1.82) is 0 Å². The largest absolute Gasteiger partial charge is 0.493 e. The summed E-state index contributed by atoms with van der Waals surface area (Å²) < 4.78 is 16.2. The normalized spacial score (nSPS) is 24.4. The summed E-state index contributed by atoms with van der Waals surface area (Å²) in [7, 11) is 0. The van der Waals surface area contributed by atoms with Crippen LogP contribution < -0.4 is 10.1 Å². The molecule has 0 heterocycles. The molecule has 0 aromatic heterocycles. The van der Waals surface area contributed by atoms with Crippen LogP contribution in [0.15, 0.2) is 49.1 Å². The zero-order chi connectivity index (χ0) is 24.7. The minimum atomic E-state index is -1.53. The van der Waals surface area contributed by atoms with Gasteiger partial charge >= 0.3 is 18.0 Å². The number of unbranched alkanes of at least 4 members (excludes halogenated alkanes) is 1. The number of carboxylic acids is 1. The van der Waals surface area contributed by atoms with Crippen LogP contribution >= 0.6 is 0 Å². The Morgan fingerprint density at radius 1 is 1.26 bits per heavy atom. The van der Waals surface area contributed by atoms with Gasteiger partial charge in [-0.3, -0.25) is 4.79 Å². The Hall–Kier alpha value is -3.29. The summed E-state index contributed by atoms with van der Waals surface area (Å²) >= 11 is 0. The highest BCUT2D eigenvalue weighted by Gasteiger charge is 2.72. The predicted octanol–water partition coefficient (Wildman–Crippen LogP) is 3.90. The SMILES string of the molecule is C=CCOC(=O)NC1(C(=O)O)CCC2C(C(=O)OCC(=C)Cc3ccccc3OCCCC)C21. The number of ether oxygens (including phenoxy) is 3. The third-order valence-corrected chi connectivity index (χ3v) is 6.51. The fraction of sp³-hybridized carbons (Fsp3) is 0.500. The van der Waals surface area contributed by atoms with Gasteiger partial charge in [-0.2, -0.15) is 0 Å². The Morgan fingerprint density at radius 3 is 2.74 bits per heavy atom. The molecular weight excluding hydrogens is 438 g/mol. The number of carboxylic acid groups (broad SMARTS) is 1. The van der Waals surface area contributed by atoms with Crippen LogP contribution in [0.2, 0.25) is 0 Å². The van der Waals surface area contributed by atoms with Crippen LogP contribution in [-0.2, 0) is 25.5 Å². The molecule has 4 unspecified atom stereocenters. The van der Waals surface area contributed by atoms with E-state index in [4.69, 9.17) is 14.2 Å². The second-order valence-electron chi connectivity index (χ2n) is 8.89. The number of nitrogens with one attached hydrogen (secondary N) is 1. The Morgan fingerprint density at radius 2 is 2.03 bits per heavy atom. The van der Waals surface area contributed by atoms with Crippen molar-refractivity contribution in [2.24, 2.45) is 17.8 Å². The molecular formula is C26H33NO7. The number of fused-ring (bicyclic) bond motifs is 1. The van der Waals surface area contributed by atoms with E-state index in [-0.39, 0.29) is 25.6 Å². The van der Waals surface area contributed by atoms with Gasteiger partial charge in [0.05, 0.1) is 12.5 Å². The van der Waals surface area contributed by atoms with Crippen molar-refractivity contribution in [3.05, 3.63) is 54.6 Å². The molecule has 0 saturated heterocycles. The second-order valence-corrected chi connectivity index (χ2v) is 8.89. The molecule has 0 radical (unpaired) electrons. The van der Waals surface area contributed by atoms with E-state index in [2.05, 4.69) is 25.4 Å². The molecule has 4 atom stereocenters. The van der Waals surface area contributed by atoms with Gasteiger partial charge in [0, 0.05) is 12.3 Å². The summed E-state index contributed by atoms with van der Waals surface area (Å²) in [5, 5.41) is 12.3. The third-order valence-electron chi connectivity index (χ3n) is 6.51. The number of carbonyl (C=O) groups excluding carboxylic acids is 2. The van der Waals surface area contributed by atoms with E-state index in [0.29, 0.717) is 25.0 Å². The summed E-state index contributed by atoms with van der Waals surface area (Å²) in [5.41, 5.74) is 0.148. The Kier molecular flexibility index (Phi) is 8.36. The Bertz CT molecular complexity index is 943. The van der Waals surface area contributed by atoms with Crippen molar-refractivity contribution < 1.29 is 33.7 Å². The van der Waals surface area contributed by atoms with Crippen molar-refractivity contribution in [2.75, 3.05) is 19.8 Å². The molecule has 2 aliphatic rings. The molecule has 0 spiro atoms. The Balaban J connectivity index is 1.54. The van der Waals surface area contributed by atoms with Crippen LogP contribution in [0.1, 0.15) is 38.2 Å². The number of hydrogen-bond donors (Lipinski definition) is 2. The molecule has 3 rings (SSSR count). The predicted molar refractivity (Wildman–Crippen MR) is 125 cm³/mol. The number of para-hydroxylation sites is 1. The smallest absolute Gasteiger partial charge is 0.408 e. The lowest BCUT2D eigenvalue weighted by molar-refractivity contribution is -0.148. The number of benzene rings is 1. The number of hydrogen-bond acceptors (Lipinski definition) is 6. The van der Waals surface area contributed by atoms with Gasteiger partial charge in [0.15, 0.2) is 0 Å². The summed E-state index contributed by atoms with van der Waals surface area (Å²) in [4.78, 5) is 36.8. The maximum absolute atomic E-state index is 12.7. The van der Waals surface area contributed by atoms with Crippen molar-refractivity contribution in [3.63, 3.8) is 0 Å². The van der Waals surface area contributed by atoms with E-state index in [1.807, 2.05) is 24.3 Å². The highest BCUT2D eigenvalue weighted by molar-refractivity contribution is 5.89. The molecule has 1 aromatic rings. The average molecular weight is 472 g/mol. The molecule has 0 bridgehead atoms. The molecule has 8 nitrogen and oxygen atoms in total. The van der Waals surface area contributed by atoms with Gasteiger partial charge in [-0.15, -0.1) is 0 Å². The van der Waals surface area contributed by atoms with Gasteiger partial charge in [0.1, 0.15) is 24.5 Å². The van der Waals surface area contributed by atoms with Crippen LogP contribution in [0, 0.1) is 17.8 Å². The zero-order valence-corrected chi connectivity index (χ0v) is 19.6. The fourth-order valence-corrected chi connectivity index (χ4v) is 4.80. The van der Waals surface area contributed by atoms with E-state index >= 15 is 0 Å². The van der Waals surface area contributed by atoms with E-state index in [1.54, 1.807) is 0 Å². The van der Waals surface area contributed by atoms with Crippen LogP contribution in [0.4, 0.5) is 4.79 Å². The van der Waals surface area contributed by atoms with Gasteiger partial charge in [-0.05, 0) is 42.4 Å². The van der Waals surface area contributed by atoms with Crippen molar-refractivity contribution in [2.45, 2.75) is 44.6 Å². The number of alkyl carbamates (subject to hydrolysis) is 1. The van der Waals surface area contributed by atoms with E-state index in [1.165, 1.54) is 6.08 Å². The van der Waals surface area contributed by atoms with Crippen LogP contribution in [-0.4, -0.2) is 48.5 Å². The van der Waals surface area contributed by atoms with Gasteiger partial charge < -0.3 is 24.6 Å². The first kappa shape index (κ1) is 25.3. The third kappa shape index (κ3) is 5.61. The number of esters is 1. The minimum absolute atomic E-state index is 0.0318. The minimum Gasteiger partial charge on any atom is -0.493 e. The van der Waals surface area contributed by atoms with Crippen LogP contribution in [0.3, 0.4) is 0 Å². The molecule has 8 heteroatoms. The van der Waals surface area contributed by atoms with Crippen molar-refractivity contribution in [3.8, 4) is 5.75 Å². The van der Waals surface area contributed by atoms with Crippen molar-refractivity contribution >= 4 is 18.0 Å². The maximum Gasteiger partial charge on any atom is 0.408 e. The lowest BCUT2D eigenvalue weighted by atomic mass is 9.90. The topological polar surface area (TPSA) is 111 Å². The average Bonchev–Trinajstić information content (AvgIpc) is 3.43.